The average molecular weight is 442 g/mol. The van der Waals surface area contributed by atoms with Gasteiger partial charge in [0.05, 0.1) is 24.8 Å². The zero-order valence-corrected chi connectivity index (χ0v) is 17.8. The van der Waals surface area contributed by atoms with Gasteiger partial charge in [-0.15, -0.1) is 0 Å². The highest BCUT2D eigenvalue weighted by atomic mass is 32.2. The molecular formula is C22H22N2O6S. The Kier molecular flexibility index (Phi) is 6.99. The number of ether oxygens (including phenoxy) is 3. The number of carbonyl (C=O) groups excluding carboxylic acids is 1. The van der Waals surface area contributed by atoms with Crippen LogP contribution in [-0.2, 0) is 14.8 Å². The van der Waals surface area contributed by atoms with Crippen LogP contribution in [0.15, 0.2) is 77.7 Å². The van der Waals surface area contributed by atoms with Crippen molar-refractivity contribution in [2.75, 3.05) is 30.9 Å². The SMILES string of the molecule is COc1ccc(OCC(=O)Nc2cccc(S(=O)(=O)Nc3ccccc3OC)c2)cc1. The van der Waals surface area contributed by atoms with E-state index in [1.165, 1.54) is 25.3 Å². The van der Waals surface area contributed by atoms with Crippen molar-refractivity contribution in [2.24, 2.45) is 0 Å². The highest BCUT2D eigenvalue weighted by Crippen LogP contribution is 2.27. The quantitative estimate of drug-likeness (QED) is 0.526. The monoisotopic (exact) mass is 442 g/mol. The Hall–Kier alpha value is -3.72. The summed E-state index contributed by atoms with van der Waals surface area (Å²) >= 11 is 0. The van der Waals surface area contributed by atoms with Gasteiger partial charge in [0.1, 0.15) is 17.2 Å². The minimum atomic E-state index is -3.89. The van der Waals surface area contributed by atoms with Crippen LogP contribution in [-0.4, -0.2) is 35.2 Å². The molecule has 3 rings (SSSR count). The highest BCUT2D eigenvalue weighted by molar-refractivity contribution is 7.92. The summed E-state index contributed by atoms with van der Waals surface area (Å²) in [6.45, 7) is -0.233. The molecule has 0 spiro atoms. The molecule has 0 aliphatic heterocycles. The Bertz CT molecular complexity index is 1150. The van der Waals surface area contributed by atoms with Gasteiger partial charge in [-0.2, -0.15) is 0 Å². The molecule has 162 valence electrons. The molecule has 8 nitrogen and oxygen atoms in total. The van der Waals surface area contributed by atoms with Gasteiger partial charge >= 0.3 is 0 Å². The van der Waals surface area contributed by atoms with Crippen molar-refractivity contribution in [3.8, 4) is 17.2 Å². The van der Waals surface area contributed by atoms with E-state index in [9.17, 15) is 13.2 Å². The van der Waals surface area contributed by atoms with Gasteiger partial charge in [-0.1, -0.05) is 18.2 Å². The van der Waals surface area contributed by atoms with Crippen LogP contribution in [0.1, 0.15) is 0 Å². The zero-order chi connectivity index (χ0) is 22.3. The number of hydrogen-bond acceptors (Lipinski definition) is 6. The summed E-state index contributed by atoms with van der Waals surface area (Å²) in [6.07, 6.45) is 0. The van der Waals surface area contributed by atoms with Crippen LogP contribution in [0, 0.1) is 0 Å². The first-order valence-electron chi connectivity index (χ1n) is 9.24. The molecule has 0 aliphatic rings. The molecule has 0 saturated heterocycles. The molecule has 0 heterocycles. The number of sulfonamides is 1. The van der Waals surface area contributed by atoms with E-state index in [4.69, 9.17) is 14.2 Å². The number of amides is 1. The number of anilines is 2. The van der Waals surface area contributed by atoms with Gasteiger partial charge in [0.15, 0.2) is 6.61 Å². The maximum absolute atomic E-state index is 12.8. The molecule has 3 aromatic rings. The minimum Gasteiger partial charge on any atom is -0.497 e. The maximum Gasteiger partial charge on any atom is 0.262 e. The molecule has 0 bridgehead atoms. The smallest absolute Gasteiger partial charge is 0.262 e. The molecule has 0 saturated carbocycles. The van der Waals surface area contributed by atoms with Crippen LogP contribution in [0.2, 0.25) is 0 Å². The average Bonchev–Trinajstić information content (AvgIpc) is 2.78. The fourth-order valence-corrected chi connectivity index (χ4v) is 3.81. The van der Waals surface area contributed by atoms with E-state index in [0.717, 1.165) is 0 Å². The lowest BCUT2D eigenvalue weighted by Crippen LogP contribution is -2.20. The third-order valence-corrected chi connectivity index (χ3v) is 5.57. The Morgan fingerprint density at radius 2 is 1.58 bits per heavy atom. The largest absolute Gasteiger partial charge is 0.497 e. The molecule has 0 aromatic heterocycles. The number of hydrogen-bond donors (Lipinski definition) is 2. The lowest BCUT2D eigenvalue weighted by molar-refractivity contribution is -0.118. The zero-order valence-electron chi connectivity index (χ0n) is 17.0. The summed E-state index contributed by atoms with van der Waals surface area (Å²) in [5.41, 5.74) is 0.638. The number of rotatable bonds is 9. The Labute approximate surface area is 180 Å². The van der Waals surface area contributed by atoms with Gasteiger partial charge in [-0.3, -0.25) is 9.52 Å². The fraction of sp³-hybridized carbons (Fsp3) is 0.136. The van der Waals surface area contributed by atoms with Crippen LogP contribution >= 0.6 is 0 Å². The van der Waals surface area contributed by atoms with E-state index in [1.54, 1.807) is 61.7 Å². The lowest BCUT2D eigenvalue weighted by Gasteiger charge is -2.13. The molecule has 0 fully saturated rings. The molecular weight excluding hydrogens is 420 g/mol. The molecule has 3 aromatic carbocycles. The predicted octanol–water partition coefficient (Wildman–Crippen LogP) is 3.52. The summed E-state index contributed by atoms with van der Waals surface area (Å²) in [5, 5.41) is 2.63. The van der Waals surface area contributed by atoms with Crippen molar-refractivity contribution in [3.05, 3.63) is 72.8 Å². The third kappa shape index (κ3) is 5.89. The van der Waals surface area contributed by atoms with Crippen molar-refractivity contribution in [1.82, 2.24) is 0 Å². The summed E-state index contributed by atoms with van der Waals surface area (Å²) in [4.78, 5) is 12.2. The van der Waals surface area contributed by atoms with Gasteiger partial charge in [0.25, 0.3) is 15.9 Å². The molecule has 9 heteroatoms. The molecule has 2 N–H and O–H groups in total. The Morgan fingerprint density at radius 3 is 2.29 bits per heavy atom. The third-order valence-electron chi connectivity index (χ3n) is 4.21. The van der Waals surface area contributed by atoms with Crippen molar-refractivity contribution in [1.29, 1.82) is 0 Å². The van der Waals surface area contributed by atoms with Crippen LogP contribution < -0.4 is 24.2 Å². The number of nitrogens with one attached hydrogen (secondary N) is 2. The van der Waals surface area contributed by atoms with Crippen LogP contribution in [0.3, 0.4) is 0 Å². The van der Waals surface area contributed by atoms with Gasteiger partial charge in [-0.05, 0) is 54.6 Å². The van der Waals surface area contributed by atoms with E-state index in [1.807, 2.05) is 0 Å². The normalized spacial score (nSPS) is 10.8. The number of carbonyl (C=O) groups is 1. The van der Waals surface area contributed by atoms with E-state index >= 15 is 0 Å². The second-order valence-corrected chi connectivity index (χ2v) is 8.03. The Balaban J connectivity index is 1.65. The Morgan fingerprint density at radius 1 is 0.871 bits per heavy atom. The minimum absolute atomic E-state index is 0.00715. The van der Waals surface area contributed by atoms with Crippen LogP contribution in [0.4, 0.5) is 11.4 Å². The summed E-state index contributed by atoms with van der Waals surface area (Å²) < 4.78 is 43.7. The first-order chi connectivity index (χ1) is 14.9. The second-order valence-electron chi connectivity index (χ2n) is 6.35. The standard InChI is InChI=1S/C22H22N2O6S/c1-28-17-10-12-18(13-11-17)30-15-22(25)23-16-6-5-7-19(14-16)31(26,27)24-20-8-3-4-9-21(20)29-2/h3-14,24H,15H2,1-2H3,(H,23,25). The predicted molar refractivity (Wildman–Crippen MR) is 117 cm³/mol. The summed E-state index contributed by atoms with van der Waals surface area (Å²) in [6, 6.07) is 19.4. The van der Waals surface area contributed by atoms with Crippen molar-refractivity contribution < 1.29 is 27.4 Å². The molecule has 0 unspecified atom stereocenters. The van der Waals surface area contributed by atoms with E-state index in [-0.39, 0.29) is 11.5 Å². The van der Waals surface area contributed by atoms with Gasteiger partial charge in [0, 0.05) is 5.69 Å². The van der Waals surface area contributed by atoms with Crippen LogP contribution in [0.25, 0.3) is 0 Å². The summed E-state index contributed by atoms with van der Waals surface area (Å²) in [5.74, 6) is 1.15. The summed E-state index contributed by atoms with van der Waals surface area (Å²) in [7, 11) is -0.876. The van der Waals surface area contributed by atoms with Gasteiger partial charge in [-0.25, -0.2) is 8.42 Å². The first kappa shape index (κ1) is 22.0. The van der Waals surface area contributed by atoms with Gasteiger partial charge < -0.3 is 19.5 Å². The maximum atomic E-state index is 12.8. The highest BCUT2D eigenvalue weighted by Gasteiger charge is 2.17. The van der Waals surface area contributed by atoms with Gasteiger partial charge in [0.2, 0.25) is 0 Å². The molecule has 31 heavy (non-hydrogen) atoms. The molecule has 0 atom stereocenters. The van der Waals surface area contributed by atoms with E-state index in [0.29, 0.717) is 28.6 Å². The lowest BCUT2D eigenvalue weighted by atomic mass is 10.3. The van der Waals surface area contributed by atoms with Crippen molar-refractivity contribution in [2.45, 2.75) is 4.90 Å². The second kappa shape index (κ2) is 9.86. The first-order valence-corrected chi connectivity index (χ1v) is 10.7. The topological polar surface area (TPSA) is 103 Å². The number of methoxy groups -OCH3 is 2. The molecule has 0 radical (unpaired) electrons. The van der Waals surface area contributed by atoms with E-state index in [2.05, 4.69) is 10.0 Å². The number of benzene rings is 3. The van der Waals surface area contributed by atoms with Crippen LogP contribution in [0.5, 0.6) is 17.2 Å². The fourth-order valence-electron chi connectivity index (χ4n) is 2.69. The van der Waals surface area contributed by atoms with Crippen molar-refractivity contribution >= 4 is 27.3 Å². The van der Waals surface area contributed by atoms with E-state index < -0.39 is 15.9 Å². The van der Waals surface area contributed by atoms with Crippen molar-refractivity contribution in [3.63, 3.8) is 0 Å². The molecule has 1 amide bonds. The molecule has 0 aliphatic carbocycles. The number of para-hydroxylation sites is 2.